The van der Waals surface area contributed by atoms with Gasteiger partial charge in [-0.3, -0.25) is 0 Å². The Kier molecular flexibility index (Phi) is 36.8. The average Bonchev–Trinajstić information content (AvgIpc) is 3.00. The van der Waals surface area contributed by atoms with Crippen molar-refractivity contribution < 1.29 is 14.6 Å². The monoisotopic (exact) mass is 589 g/mol. The van der Waals surface area contributed by atoms with Gasteiger partial charge in [0.25, 0.3) is 0 Å². The van der Waals surface area contributed by atoms with E-state index in [0.29, 0.717) is 13.2 Å². The van der Waals surface area contributed by atoms with E-state index >= 15 is 0 Å². The molecule has 0 amide bonds. The first kappa shape index (κ1) is 40.8. The van der Waals surface area contributed by atoms with E-state index in [-0.39, 0.29) is 12.7 Å². The Morgan fingerprint density at radius 2 is 0.833 bits per heavy atom. The van der Waals surface area contributed by atoms with Crippen molar-refractivity contribution in [3.63, 3.8) is 0 Å². The zero-order valence-electron chi connectivity index (χ0n) is 28.3. The molecule has 0 aromatic rings. The summed E-state index contributed by atoms with van der Waals surface area (Å²) in [6, 6.07) is 0. The van der Waals surface area contributed by atoms with Crippen LogP contribution in [-0.2, 0) is 9.47 Å². The molecular formula is C39H72O3. The van der Waals surface area contributed by atoms with E-state index in [4.69, 9.17) is 9.47 Å². The topological polar surface area (TPSA) is 38.7 Å². The van der Waals surface area contributed by atoms with Crippen LogP contribution < -0.4 is 0 Å². The van der Waals surface area contributed by atoms with E-state index in [0.717, 1.165) is 51.6 Å². The SMILES string of the molecule is CCCCC/C=C\C/C=C\C/C=C\C/C=C\CCCCO[C@@H](CO)COCCCCCCCCCCCCCCCC. The van der Waals surface area contributed by atoms with Crippen molar-refractivity contribution in [2.75, 3.05) is 26.4 Å². The molecule has 246 valence electrons. The summed E-state index contributed by atoms with van der Waals surface area (Å²) in [5.41, 5.74) is 0. The fraction of sp³-hybridized carbons (Fsp3) is 0.795. The maximum atomic E-state index is 9.57. The third-order valence-corrected chi connectivity index (χ3v) is 7.73. The van der Waals surface area contributed by atoms with Gasteiger partial charge >= 0.3 is 0 Å². The minimum absolute atomic E-state index is 0.0376. The van der Waals surface area contributed by atoms with Crippen molar-refractivity contribution in [3.05, 3.63) is 48.6 Å². The molecule has 0 aliphatic rings. The predicted molar refractivity (Wildman–Crippen MR) is 186 cm³/mol. The van der Waals surface area contributed by atoms with Crippen molar-refractivity contribution in [2.24, 2.45) is 0 Å². The highest BCUT2D eigenvalue weighted by Crippen LogP contribution is 2.13. The van der Waals surface area contributed by atoms with Crippen LogP contribution in [0, 0.1) is 0 Å². The lowest BCUT2D eigenvalue weighted by molar-refractivity contribution is -0.0436. The summed E-state index contributed by atoms with van der Waals surface area (Å²) in [5.74, 6) is 0. The fourth-order valence-electron chi connectivity index (χ4n) is 4.94. The molecule has 3 nitrogen and oxygen atoms in total. The predicted octanol–water partition coefficient (Wildman–Crippen LogP) is 12.0. The largest absolute Gasteiger partial charge is 0.394 e. The molecule has 3 heteroatoms. The van der Waals surface area contributed by atoms with Gasteiger partial charge in [-0.1, -0.05) is 159 Å². The standard InChI is InChI=1S/C39H72O3/c1-3-5-7-9-11-13-15-17-19-20-21-22-24-26-28-30-32-34-36-42-39(37-40)38-41-35-33-31-29-27-25-23-18-16-14-12-10-8-6-4-2/h11,13,17,19,21-22,26,28,39-40H,3-10,12,14-16,18,20,23-25,27,29-38H2,1-2H3/b13-11-,19-17-,22-21-,28-26-/t39-/m0/s1. The van der Waals surface area contributed by atoms with Gasteiger partial charge in [0.05, 0.1) is 13.2 Å². The number of rotatable bonds is 34. The van der Waals surface area contributed by atoms with Crippen LogP contribution in [0.4, 0.5) is 0 Å². The van der Waals surface area contributed by atoms with Crippen LogP contribution in [-0.4, -0.2) is 37.6 Å². The summed E-state index contributed by atoms with van der Waals surface area (Å²) < 4.78 is 11.6. The summed E-state index contributed by atoms with van der Waals surface area (Å²) in [6.07, 6.45) is 48.6. The zero-order chi connectivity index (χ0) is 30.4. The van der Waals surface area contributed by atoms with Gasteiger partial charge < -0.3 is 14.6 Å². The van der Waals surface area contributed by atoms with Crippen molar-refractivity contribution >= 4 is 0 Å². The fourth-order valence-corrected chi connectivity index (χ4v) is 4.94. The molecule has 0 saturated carbocycles. The molecule has 0 spiro atoms. The molecule has 0 unspecified atom stereocenters. The summed E-state index contributed by atoms with van der Waals surface area (Å²) in [7, 11) is 0. The Morgan fingerprint density at radius 3 is 1.31 bits per heavy atom. The van der Waals surface area contributed by atoms with Gasteiger partial charge in [-0.05, 0) is 57.8 Å². The minimum Gasteiger partial charge on any atom is -0.394 e. The summed E-state index contributed by atoms with van der Waals surface area (Å²) in [6.45, 7) is 6.56. The van der Waals surface area contributed by atoms with Gasteiger partial charge in [-0.25, -0.2) is 0 Å². The number of ether oxygens (including phenoxy) is 2. The normalized spacial score (nSPS) is 13.1. The van der Waals surface area contributed by atoms with E-state index < -0.39 is 0 Å². The lowest BCUT2D eigenvalue weighted by atomic mass is 10.0. The van der Waals surface area contributed by atoms with Crippen LogP contribution >= 0.6 is 0 Å². The van der Waals surface area contributed by atoms with Crippen molar-refractivity contribution in [3.8, 4) is 0 Å². The maximum Gasteiger partial charge on any atom is 0.104 e. The van der Waals surface area contributed by atoms with Crippen molar-refractivity contribution in [1.82, 2.24) is 0 Å². The van der Waals surface area contributed by atoms with Crippen LogP contribution in [0.25, 0.3) is 0 Å². The van der Waals surface area contributed by atoms with Crippen LogP contribution in [0.3, 0.4) is 0 Å². The smallest absolute Gasteiger partial charge is 0.104 e. The molecule has 0 saturated heterocycles. The van der Waals surface area contributed by atoms with Gasteiger partial charge in [0, 0.05) is 13.2 Å². The summed E-state index contributed by atoms with van der Waals surface area (Å²) in [5, 5.41) is 9.57. The lowest BCUT2D eigenvalue weighted by Crippen LogP contribution is -2.24. The Morgan fingerprint density at radius 1 is 0.452 bits per heavy atom. The quantitative estimate of drug-likeness (QED) is 0.0600. The highest BCUT2D eigenvalue weighted by Gasteiger charge is 2.07. The first-order chi connectivity index (χ1) is 20.8. The van der Waals surface area contributed by atoms with Gasteiger partial charge in [0.15, 0.2) is 0 Å². The Hall–Kier alpha value is -1.16. The molecule has 0 aliphatic heterocycles. The second-order valence-electron chi connectivity index (χ2n) is 11.9. The number of hydrogen-bond acceptors (Lipinski definition) is 3. The zero-order valence-corrected chi connectivity index (χ0v) is 28.3. The van der Waals surface area contributed by atoms with E-state index in [9.17, 15) is 5.11 Å². The van der Waals surface area contributed by atoms with Crippen LogP contribution in [0.5, 0.6) is 0 Å². The average molecular weight is 589 g/mol. The van der Waals surface area contributed by atoms with Gasteiger partial charge in [0.1, 0.15) is 6.10 Å². The second-order valence-corrected chi connectivity index (χ2v) is 11.9. The van der Waals surface area contributed by atoms with Gasteiger partial charge in [0.2, 0.25) is 0 Å². The van der Waals surface area contributed by atoms with E-state index in [1.165, 1.54) is 109 Å². The molecule has 0 fully saturated rings. The number of aliphatic hydroxyl groups excluding tert-OH is 1. The molecular weight excluding hydrogens is 516 g/mol. The molecule has 0 aromatic heterocycles. The number of allylic oxidation sites excluding steroid dienone is 8. The minimum atomic E-state index is -0.187. The van der Waals surface area contributed by atoms with Gasteiger partial charge in [-0.2, -0.15) is 0 Å². The molecule has 0 rings (SSSR count). The van der Waals surface area contributed by atoms with Crippen molar-refractivity contribution in [1.29, 1.82) is 0 Å². The van der Waals surface area contributed by atoms with Crippen LogP contribution in [0.2, 0.25) is 0 Å². The molecule has 0 heterocycles. The molecule has 0 radical (unpaired) electrons. The summed E-state index contributed by atoms with van der Waals surface area (Å²) in [4.78, 5) is 0. The highest BCUT2D eigenvalue weighted by molar-refractivity contribution is 4.99. The van der Waals surface area contributed by atoms with Crippen LogP contribution in [0.15, 0.2) is 48.6 Å². The lowest BCUT2D eigenvalue weighted by Gasteiger charge is -2.15. The first-order valence-electron chi connectivity index (χ1n) is 18.2. The number of unbranched alkanes of at least 4 members (excludes halogenated alkanes) is 18. The molecule has 1 N–H and O–H groups in total. The molecule has 42 heavy (non-hydrogen) atoms. The third kappa shape index (κ3) is 35.0. The van der Waals surface area contributed by atoms with Crippen molar-refractivity contribution in [2.45, 2.75) is 174 Å². The number of aliphatic hydroxyl groups is 1. The summed E-state index contributed by atoms with van der Waals surface area (Å²) >= 11 is 0. The van der Waals surface area contributed by atoms with E-state index in [1.54, 1.807) is 0 Å². The Balaban J connectivity index is 3.43. The van der Waals surface area contributed by atoms with E-state index in [1.807, 2.05) is 0 Å². The molecule has 0 aliphatic carbocycles. The first-order valence-corrected chi connectivity index (χ1v) is 18.2. The van der Waals surface area contributed by atoms with Gasteiger partial charge in [-0.15, -0.1) is 0 Å². The Bertz CT molecular complexity index is 607. The number of hydrogen-bond donors (Lipinski definition) is 1. The molecule has 1 atom stereocenters. The maximum absolute atomic E-state index is 9.57. The molecule has 0 aromatic carbocycles. The van der Waals surface area contributed by atoms with E-state index in [2.05, 4.69) is 62.5 Å². The third-order valence-electron chi connectivity index (χ3n) is 7.73. The highest BCUT2D eigenvalue weighted by atomic mass is 16.5. The second kappa shape index (κ2) is 37.9. The molecule has 0 bridgehead atoms. The Labute approximate surface area is 263 Å². The van der Waals surface area contributed by atoms with Crippen LogP contribution in [0.1, 0.15) is 168 Å².